The monoisotopic (exact) mass is 295 g/mol. The molecule has 20 heavy (non-hydrogen) atoms. The molecule has 106 valence electrons. The van der Waals surface area contributed by atoms with Crippen LogP contribution in [0.25, 0.3) is 0 Å². The van der Waals surface area contributed by atoms with Gasteiger partial charge in [-0.3, -0.25) is 15.4 Å². The number of nitrogens with one attached hydrogen (secondary N) is 2. The number of nitro groups is 1. The summed E-state index contributed by atoms with van der Waals surface area (Å²) in [4.78, 5) is 14.6. The zero-order valence-corrected chi connectivity index (χ0v) is 11.5. The quantitative estimate of drug-likeness (QED) is 0.187. The first kappa shape index (κ1) is 15.7. The van der Waals surface area contributed by atoms with E-state index in [-0.39, 0.29) is 18.8 Å². The molecule has 0 amide bonds. The summed E-state index contributed by atoms with van der Waals surface area (Å²) in [5.41, 5.74) is 0.525. The van der Waals surface area contributed by atoms with Gasteiger partial charge in [0.2, 0.25) is 0 Å². The molecule has 1 aromatic carbocycles. The maximum Gasteiger partial charge on any atom is 0.294 e. The first-order valence-corrected chi connectivity index (χ1v) is 6.75. The predicted octanol–water partition coefficient (Wildman–Crippen LogP) is 1.42. The largest absolute Gasteiger partial charge is 0.395 e. The maximum atomic E-state index is 11.0. The zero-order valence-electron chi connectivity index (χ0n) is 10.7. The molecule has 0 bridgehead atoms. The Hall–Kier alpha value is -2.31. The van der Waals surface area contributed by atoms with Crippen LogP contribution < -0.4 is 10.6 Å². The molecule has 0 aliphatic carbocycles. The normalized spacial score (nSPS) is 10.8. The van der Waals surface area contributed by atoms with Gasteiger partial charge in [0.1, 0.15) is 5.69 Å². The number of benzene rings is 1. The van der Waals surface area contributed by atoms with Gasteiger partial charge in [-0.2, -0.15) is 5.26 Å². The first-order valence-electron chi connectivity index (χ1n) is 5.53. The number of aliphatic hydroxyl groups is 1. The Morgan fingerprint density at radius 1 is 1.65 bits per heavy atom. The smallest absolute Gasteiger partial charge is 0.294 e. The third-order valence-corrected chi connectivity index (χ3v) is 2.77. The van der Waals surface area contributed by atoms with Crippen molar-refractivity contribution in [1.29, 1.82) is 5.26 Å². The summed E-state index contributed by atoms with van der Waals surface area (Å²) in [6, 6.07) is 4.40. The minimum Gasteiger partial charge on any atom is -0.395 e. The summed E-state index contributed by atoms with van der Waals surface area (Å²) in [7, 11) is 0. The lowest BCUT2D eigenvalue weighted by Crippen LogP contribution is -2.12. The van der Waals surface area contributed by atoms with Crippen LogP contribution in [0.4, 0.5) is 17.1 Å². The average molecular weight is 295 g/mol. The fraction of sp³-hybridized carbons (Fsp3) is 0.273. The first-order chi connectivity index (χ1) is 9.62. The molecule has 0 saturated heterocycles. The van der Waals surface area contributed by atoms with Gasteiger partial charge in [0, 0.05) is 12.6 Å². The van der Waals surface area contributed by atoms with Gasteiger partial charge in [-0.15, -0.1) is 0 Å². The van der Waals surface area contributed by atoms with E-state index in [2.05, 4.69) is 15.6 Å². The lowest BCUT2D eigenvalue weighted by atomic mass is 10.2. The van der Waals surface area contributed by atoms with Gasteiger partial charge in [-0.05, 0) is 18.4 Å². The number of nitrogens with zero attached hydrogens (tertiary/aromatic N) is 3. The standard InChI is InChI=1S/C11H13N5O3S/c1-20-11(14-7-12)15-8-2-3-9(13-4-5-17)10(6-8)16(18)19/h2-3,6,13,17H,4-5H2,1H3,(H,14,15). The Kier molecular flexibility index (Phi) is 6.28. The van der Waals surface area contributed by atoms with Crippen LogP contribution in [0.15, 0.2) is 23.2 Å². The Balaban J connectivity index is 3.10. The lowest BCUT2D eigenvalue weighted by Gasteiger charge is -2.06. The van der Waals surface area contributed by atoms with E-state index < -0.39 is 4.92 Å². The Morgan fingerprint density at radius 3 is 2.95 bits per heavy atom. The highest BCUT2D eigenvalue weighted by molar-refractivity contribution is 8.13. The number of nitro benzene ring substituents is 1. The van der Waals surface area contributed by atoms with Gasteiger partial charge >= 0.3 is 0 Å². The summed E-state index contributed by atoms with van der Waals surface area (Å²) in [5.74, 6) is 0. The van der Waals surface area contributed by atoms with Crippen molar-refractivity contribution in [3.8, 4) is 6.19 Å². The van der Waals surface area contributed by atoms with Crippen LogP contribution in [0.1, 0.15) is 0 Å². The molecule has 1 aromatic rings. The van der Waals surface area contributed by atoms with Crippen LogP contribution in [-0.2, 0) is 0 Å². The number of aliphatic hydroxyl groups excluding tert-OH is 1. The van der Waals surface area contributed by atoms with E-state index in [1.807, 2.05) is 0 Å². The number of rotatable bonds is 5. The fourth-order valence-corrected chi connectivity index (χ4v) is 1.71. The van der Waals surface area contributed by atoms with Crippen molar-refractivity contribution in [2.24, 2.45) is 4.99 Å². The fourth-order valence-electron chi connectivity index (χ4n) is 1.37. The molecule has 0 aromatic heterocycles. The molecule has 0 aliphatic rings. The van der Waals surface area contributed by atoms with E-state index in [0.29, 0.717) is 16.5 Å². The third-order valence-electron chi connectivity index (χ3n) is 2.19. The molecule has 0 saturated carbocycles. The molecule has 9 heteroatoms. The van der Waals surface area contributed by atoms with Crippen LogP contribution >= 0.6 is 11.8 Å². The summed E-state index contributed by atoms with van der Waals surface area (Å²) in [6.45, 7) is 0.0925. The van der Waals surface area contributed by atoms with Crippen LogP contribution in [-0.4, -0.2) is 34.6 Å². The van der Waals surface area contributed by atoms with Gasteiger partial charge in [-0.1, -0.05) is 11.8 Å². The predicted molar refractivity (Wildman–Crippen MR) is 78.0 cm³/mol. The molecule has 0 heterocycles. The van der Waals surface area contributed by atoms with Crippen molar-refractivity contribution in [3.63, 3.8) is 0 Å². The van der Waals surface area contributed by atoms with E-state index in [0.717, 1.165) is 0 Å². The van der Waals surface area contributed by atoms with Crippen molar-refractivity contribution in [2.75, 3.05) is 24.7 Å². The van der Waals surface area contributed by atoms with Crippen LogP contribution in [0.3, 0.4) is 0 Å². The average Bonchev–Trinajstić information content (AvgIpc) is 2.45. The van der Waals surface area contributed by atoms with Crippen molar-refractivity contribution in [1.82, 2.24) is 5.32 Å². The topological polar surface area (TPSA) is 124 Å². The molecular formula is C11H13N5O3S. The van der Waals surface area contributed by atoms with Gasteiger partial charge in [0.05, 0.1) is 17.2 Å². The molecule has 8 nitrogen and oxygen atoms in total. The van der Waals surface area contributed by atoms with Crippen molar-refractivity contribution < 1.29 is 10.0 Å². The molecule has 0 unspecified atom stereocenters. The van der Waals surface area contributed by atoms with E-state index in [1.165, 1.54) is 23.9 Å². The SMILES string of the molecule is CSC(=Nc1ccc(NCCO)c([N+](=O)[O-])c1)NC#N. The summed E-state index contributed by atoms with van der Waals surface area (Å²) in [5, 5.41) is 33.7. The van der Waals surface area contributed by atoms with Crippen molar-refractivity contribution in [2.45, 2.75) is 0 Å². The molecule has 0 aliphatic heterocycles. The van der Waals surface area contributed by atoms with Gasteiger partial charge < -0.3 is 10.4 Å². The highest BCUT2D eigenvalue weighted by Gasteiger charge is 2.14. The summed E-state index contributed by atoms with van der Waals surface area (Å²) < 4.78 is 0. The minimum atomic E-state index is -0.533. The van der Waals surface area contributed by atoms with Gasteiger partial charge in [0.15, 0.2) is 11.4 Å². The number of aliphatic imine (C=N–C) groups is 1. The highest BCUT2D eigenvalue weighted by atomic mass is 32.2. The van der Waals surface area contributed by atoms with Crippen LogP contribution in [0.2, 0.25) is 0 Å². The molecular weight excluding hydrogens is 282 g/mol. The van der Waals surface area contributed by atoms with E-state index in [4.69, 9.17) is 10.4 Å². The Morgan fingerprint density at radius 2 is 2.40 bits per heavy atom. The third kappa shape index (κ3) is 4.42. The summed E-state index contributed by atoms with van der Waals surface area (Å²) in [6.07, 6.45) is 3.47. The van der Waals surface area contributed by atoms with E-state index in [1.54, 1.807) is 18.5 Å². The molecule has 0 radical (unpaired) electrons. The molecule has 0 atom stereocenters. The Labute approximate surface area is 119 Å². The number of anilines is 1. The van der Waals surface area contributed by atoms with Gasteiger partial charge in [0.25, 0.3) is 5.69 Å². The second-order valence-electron chi connectivity index (χ2n) is 3.47. The van der Waals surface area contributed by atoms with Crippen LogP contribution in [0, 0.1) is 21.6 Å². The van der Waals surface area contributed by atoms with E-state index >= 15 is 0 Å². The zero-order chi connectivity index (χ0) is 15.0. The molecule has 3 N–H and O–H groups in total. The molecule has 0 spiro atoms. The maximum absolute atomic E-state index is 11.0. The van der Waals surface area contributed by atoms with Gasteiger partial charge in [-0.25, -0.2) is 4.99 Å². The number of hydrogen-bond acceptors (Lipinski definition) is 7. The number of amidine groups is 1. The Bertz CT molecular complexity index is 555. The number of hydrogen-bond donors (Lipinski definition) is 3. The number of thioether (sulfide) groups is 1. The lowest BCUT2D eigenvalue weighted by molar-refractivity contribution is -0.383. The van der Waals surface area contributed by atoms with Crippen molar-refractivity contribution >= 4 is 34.0 Å². The minimum absolute atomic E-state index is 0.125. The second-order valence-corrected chi connectivity index (χ2v) is 4.26. The molecule has 0 fully saturated rings. The van der Waals surface area contributed by atoms with Crippen molar-refractivity contribution in [3.05, 3.63) is 28.3 Å². The number of nitriles is 1. The van der Waals surface area contributed by atoms with Crippen LogP contribution in [0.5, 0.6) is 0 Å². The summed E-state index contributed by atoms with van der Waals surface area (Å²) >= 11 is 1.22. The van der Waals surface area contributed by atoms with E-state index in [9.17, 15) is 10.1 Å². The molecule has 1 rings (SSSR count). The highest BCUT2D eigenvalue weighted by Crippen LogP contribution is 2.29. The second kappa shape index (κ2) is 7.98.